The number of rotatable bonds is 8. The van der Waals surface area contributed by atoms with Crippen LogP contribution in [-0.4, -0.2) is 61.4 Å². The number of likely N-dealkylation sites (tertiary alicyclic amines) is 1. The van der Waals surface area contributed by atoms with Crippen LogP contribution in [0.15, 0.2) is 35.5 Å². The Morgan fingerprint density at radius 2 is 1.88 bits per heavy atom. The predicted octanol–water partition coefficient (Wildman–Crippen LogP) is 2.02. The van der Waals surface area contributed by atoms with Crippen LogP contribution in [0.5, 0.6) is 0 Å². The molecule has 174 valence electrons. The standard InChI is InChI=1S/C23H32N6O2.HI/c1-4-24-23(27-14-17-7-5-10-25-20(17)28(2)3)26-11-6-12-29-21(30)18-15-8-9-16(13-15)19(18)22(29)31;/h5,7-10,15-16,18-19H,4,6,11-14H2,1-3H3,(H2,24,26,27);1H. The first-order chi connectivity index (χ1) is 15.0. The zero-order valence-corrected chi connectivity index (χ0v) is 21.3. The molecule has 8 nitrogen and oxygen atoms in total. The molecule has 2 heterocycles. The van der Waals surface area contributed by atoms with E-state index in [0.29, 0.717) is 32.0 Å². The van der Waals surface area contributed by atoms with E-state index in [0.717, 1.165) is 24.3 Å². The van der Waals surface area contributed by atoms with Gasteiger partial charge in [-0.05, 0) is 37.7 Å². The molecule has 4 atom stereocenters. The van der Waals surface area contributed by atoms with Crippen LogP contribution in [0.3, 0.4) is 0 Å². The molecule has 3 aliphatic rings. The van der Waals surface area contributed by atoms with Crippen molar-refractivity contribution < 1.29 is 9.59 Å². The van der Waals surface area contributed by atoms with Gasteiger partial charge in [-0.25, -0.2) is 9.98 Å². The zero-order valence-electron chi connectivity index (χ0n) is 19.0. The molecule has 1 aromatic rings. The molecule has 2 bridgehead atoms. The number of anilines is 1. The maximum atomic E-state index is 12.8. The van der Waals surface area contributed by atoms with Crippen molar-refractivity contribution in [1.82, 2.24) is 20.5 Å². The molecule has 0 spiro atoms. The summed E-state index contributed by atoms with van der Waals surface area (Å²) in [4.78, 5) is 38.1. The lowest BCUT2D eigenvalue weighted by Crippen LogP contribution is -2.40. The van der Waals surface area contributed by atoms with Crippen LogP contribution in [0.4, 0.5) is 5.82 Å². The second-order valence-electron chi connectivity index (χ2n) is 8.68. The third kappa shape index (κ3) is 4.77. The minimum atomic E-state index is -0.111. The second kappa shape index (κ2) is 10.6. The molecule has 2 fully saturated rings. The van der Waals surface area contributed by atoms with Crippen LogP contribution in [0.1, 0.15) is 25.3 Å². The summed E-state index contributed by atoms with van der Waals surface area (Å²) in [5, 5.41) is 6.57. The van der Waals surface area contributed by atoms with Crippen molar-refractivity contribution in [1.29, 1.82) is 0 Å². The number of aliphatic imine (C=N–C) groups is 1. The van der Waals surface area contributed by atoms with Crippen molar-refractivity contribution >= 4 is 47.6 Å². The van der Waals surface area contributed by atoms with Gasteiger partial charge in [0.15, 0.2) is 5.96 Å². The summed E-state index contributed by atoms with van der Waals surface area (Å²) in [5.74, 6) is 1.99. The van der Waals surface area contributed by atoms with Crippen molar-refractivity contribution in [2.24, 2.45) is 28.7 Å². The Morgan fingerprint density at radius 1 is 1.19 bits per heavy atom. The minimum absolute atomic E-state index is 0. The van der Waals surface area contributed by atoms with Crippen LogP contribution in [0.25, 0.3) is 0 Å². The van der Waals surface area contributed by atoms with Gasteiger partial charge in [0.05, 0.1) is 18.4 Å². The molecule has 2 aliphatic carbocycles. The van der Waals surface area contributed by atoms with Gasteiger partial charge >= 0.3 is 0 Å². The lowest BCUT2D eigenvalue weighted by molar-refractivity contribution is -0.140. The molecule has 1 saturated heterocycles. The monoisotopic (exact) mass is 552 g/mol. The number of halogens is 1. The van der Waals surface area contributed by atoms with E-state index in [1.54, 1.807) is 6.20 Å². The lowest BCUT2D eigenvalue weighted by Gasteiger charge is -2.18. The fraction of sp³-hybridized carbons (Fsp3) is 0.565. The molecule has 4 rings (SSSR count). The number of guanidine groups is 1. The molecule has 1 aromatic heterocycles. The zero-order chi connectivity index (χ0) is 22.0. The Morgan fingerprint density at radius 3 is 2.50 bits per heavy atom. The molecule has 1 aliphatic heterocycles. The first-order valence-corrected chi connectivity index (χ1v) is 11.2. The van der Waals surface area contributed by atoms with Gasteiger partial charge in [0.1, 0.15) is 5.82 Å². The van der Waals surface area contributed by atoms with E-state index < -0.39 is 0 Å². The molecular weight excluding hydrogens is 519 g/mol. The Bertz CT molecular complexity index is 872. The van der Waals surface area contributed by atoms with Crippen molar-refractivity contribution in [3.05, 3.63) is 36.0 Å². The topological polar surface area (TPSA) is 89.9 Å². The van der Waals surface area contributed by atoms with E-state index in [4.69, 9.17) is 0 Å². The third-order valence-electron chi connectivity index (χ3n) is 6.46. The number of hydrogen-bond donors (Lipinski definition) is 2. The molecule has 0 radical (unpaired) electrons. The molecule has 0 aromatic carbocycles. The number of carbonyl (C=O) groups is 2. The number of aromatic nitrogens is 1. The summed E-state index contributed by atoms with van der Waals surface area (Å²) in [6.45, 7) is 4.39. The van der Waals surface area contributed by atoms with Crippen molar-refractivity contribution in [3.8, 4) is 0 Å². The third-order valence-corrected chi connectivity index (χ3v) is 6.46. The summed E-state index contributed by atoms with van der Waals surface area (Å²) in [5.41, 5.74) is 1.05. The van der Waals surface area contributed by atoms with Gasteiger partial charge < -0.3 is 15.5 Å². The van der Waals surface area contributed by atoms with Gasteiger partial charge in [-0.15, -0.1) is 24.0 Å². The van der Waals surface area contributed by atoms with Crippen molar-refractivity contribution in [2.75, 3.05) is 38.6 Å². The first-order valence-electron chi connectivity index (χ1n) is 11.2. The smallest absolute Gasteiger partial charge is 0.233 e. The average molecular weight is 552 g/mol. The Balaban J connectivity index is 0.00000289. The van der Waals surface area contributed by atoms with E-state index in [1.807, 2.05) is 38.1 Å². The molecule has 9 heteroatoms. The average Bonchev–Trinajstić information content (AvgIpc) is 3.44. The molecule has 32 heavy (non-hydrogen) atoms. The minimum Gasteiger partial charge on any atom is -0.362 e. The highest BCUT2D eigenvalue weighted by Crippen LogP contribution is 2.52. The van der Waals surface area contributed by atoms with Gasteiger partial charge in [-0.1, -0.05) is 18.2 Å². The SMILES string of the molecule is CCNC(=NCc1cccnc1N(C)C)NCCCN1C(=O)C2C3C=CC(C3)C2C1=O.I. The quantitative estimate of drug-likeness (QED) is 0.128. The number of allylic oxidation sites excluding steroid dienone is 2. The van der Waals surface area contributed by atoms with Crippen LogP contribution < -0.4 is 15.5 Å². The van der Waals surface area contributed by atoms with E-state index in [9.17, 15) is 9.59 Å². The maximum absolute atomic E-state index is 12.8. The summed E-state index contributed by atoms with van der Waals surface area (Å²) in [6, 6.07) is 3.94. The summed E-state index contributed by atoms with van der Waals surface area (Å²) in [7, 11) is 3.94. The number of fused-ring (bicyclic) bond motifs is 5. The molecular formula is C23H33IN6O2. The number of nitrogens with zero attached hydrogens (tertiary/aromatic N) is 4. The number of hydrogen-bond acceptors (Lipinski definition) is 5. The highest BCUT2D eigenvalue weighted by atomic mass is 127. The van der Waals surface area contributed by atoms with Gasteiger partial charge in [0.25, 0.3) is 0 Å². The van der Waals surface area contributed by atoms with Crippen LogP contribution in [0.2, 0.25) is 0 Å². The van der Waals surface area contributed by atoms with Gasteiger partial charge in [0, 0.05) is 45.5 Å². The summed E-state index contributed by atoms with van der Waals surface area (Å²) < 4.78 is 0. The molecule has 2 amide bonds. The molecule has 2 N–H and O–H groups in total. The van der Waals surface area contributed by atoms with E-state index >= 15 is 0 Å². The van der Waals surface area contributed by atoms with Gasteiger partial charge in [-0.2, -0.15) is 0 Å². The van der Waals surface area contributed by atoms with Crippen LogP contribution in [0, 0.1) is 23.7 Å². The maximum Gasteiger partial charge on any atom is 0.233 e. The van der Waals surface area contributed by atoms with Crippen molar-refractivity contribution in [3.63, 3.8) is 0 Å². The summed E-state index contributed by atoms with van der Waals surface area (Å²) >= 11 is 0. The summed E-state index contributed by atoms with van der Waals surface area (Å²) in [6.07, 6.45) is 7.70. The van der Waals surface area contributed by atoms with E-state index in [-0.39, 0.29) is 59.5 Å². The highest BCUT2D eigenvalue weighted by molar-refractivity contribution is 14.0. The van der Waals surface area contributed by atoms with E-state index in [2.05, 4.69) is 32.8 Å². The Hall–Kier alpha value is -2.17. The number of imide groups is 1. The van der Waals surface area contributed by atoms with Crippen LogP contribution in [-0.2, 0) is 16.1 Å². The number of nitrogens with one attached hydrogen (secondary N) is 2. The first kappa shape index (κ1) is 24.5. The van der Waals surface area contributed by atoms with E-state index in [1.165, 1.54) is 4.90 Å². The van der Waals surface area contributed by atoms with Crippen molar-refractivity contribution in [2.45, 2.75) is 26.3 Å². The molecule has 1 saturated carbocycles. The van der Waals surface area contributed by atoms with Gasteiger partial charge in [0.2, 0.25) is 11.8 Å². The van der Waals surface area contributed by atoms with Gasteiger partial charge in [-0.3, -0.25) is 14.5 Å². The largest absolute Gasteiger partial charge is 0.362 e. The number of carbonyl (C=O) groups excluding carboxylic acids is 2. The fourth-order valence-electron chi connectivity index (χ4n) is 5.09. The number of pyridine rings is 1. The highest BCUT2D eigenvalue weighted by Gasteiger charge is 2.58. The number of amides is 2. The lowest BCUT2D eigenvalue weighted by atomic mass is 9.85. The Kier molecular flexibility index (Phi) is 8.13. The second-order valence-corrected chi connectivity index (χ2v) is 8.68. The predicted molar refractivity (Wildman–Crippen MR) is 136 cm³/mol. The fourth-order valence-corrected chi connectivity index (χ4v) is 5.09. The molecule has 4 unspecified atom stereocenters. The normalized spacial score (nSPS) is 25.7. The Labute approximate surface area is 206 Å². The van der Waals surface area contributed by atoms with Crippen LogP contribution >= 0.6 is 24.0 Å².